The second-order valence-electron chi connectivity index (χ2n) is 1.73. The van der Waals surface area contributed by atoms with Crippen molar-refractivity contribution in [3.8, 4) is 0 Å². The van der Waals surface area contributed by atoms with Crippen molar-refractivity contribution in [2.24, 2.45) is 0 Å². The molecule has 1 nitrogen and oxygen atoms in total. The van der Waals surface area contributed by atoms with Crippen molar-refractivity contribution in [2.45, 2.75) is 0 Å². The lowest BCUT2D eigenvalue weighted by molar-refractivity contribution is 0.112. The molecule has 1 rings (SSSR count). The molecular weight excluding hydrogens is 138 g/mol. The standard InChI is InChI=1S/C7H3F2O/c8-6-1-5(4-10)2-7(9)3-6/h1-2,4H. The Balaban J connectivity index is 3.18. The number of hydrogen-bond acceptors (Lipinski definition) is 1. The fraction of sp³-hybridized carbons (Fsp3) is 0. The Kier molecular flexibility index (Phi) is 1.76. The molecule has 0 amide bonds. The Labute approximate surface area is 56.3 Å². The van der Waals surface area contributed by atoms with Gasteiger partial charge in [-0.1, -0.05) is 0 Å². The minimum Gasteiger partial charge on any atom is -0.298 e. The minimum absolute atomic E-state index is 0.0197. The van der Waals surface area contributed by atoms with Crippen molar-refractivity contribution >= 4 is 6.29 Å². The van der Waals surface area contributed by atoms with Gasteiger partial charge in [-0.25, -0.2) is 8.78 Å². The van der Waals surface area contributed by atoms with Crippen LogP contribution in [0.15, 0.2) is 12.1 Å². The molecule has 10 heavy (non-hydrogen) atoms. The van der Waals surface area contributed by atoms with Crippen LogP contribution >= 0.6 is 0 Å². The summed E-state index contributed by atoms with van der Waals surface area (Å²) in [5.41, 5.74) is -0.0197. The summed E-state index contributed by atoms with van der Waals surface area (Å²) in [5.74, 6) is -1.72. The Hall–Kier alpha value is -1.25. The van der Waals surface area contributed by atoms with Gasteiger partial charge in [-0.15, -0.1) is 0 Å². The van der Waals surface area contributed by atoms with Crippen molar-refractivity contribution in [2.75, 3.05) is 0 Å². The average Bonchev–Trinajstić information content (AvgIpc) is 1.85. The predicted octanol–water partition coefficient (Wildman–Crippen LogP) is 1.58. The van der Waals surface area contributed by atoms with Crippen molar-refractivity contribution in [3.05, 3.63) is 35.4 Å². The second kappa shape index (κ2) is 2.56. The van der Waals surface area contributed by atoms with Gasteiger partial charge in [0.2, 0.25) is 0 Å². The molecule has 0 N–H and O–H groups in total. The third kappa shape index (κ3) is 1.37. The van der Waals surface area contributed by atoms with Crippen LogP contribution in [0.1, 0.15) is 10.4 Å². The van der Waals surface area contributed by atoms with E-state index in [1.54, 1.807) is 6.07 Å². The number of halogens is 2. The van der Waals surface area contributed by atoms with Crippen LogP contribution in [0.3, 0.4) is 0 Å². The molecule has 0 heterocycles. The highest BCUT2D eigenvalue weighted by Crippen LogP contribution is 2.03. The maximum atomic E-state index is 12.2. The van der Waals surface area contributed by atoms with Gasteiger partial charge in [0, 0.05) is 5.56 Å². The third-order valence-corrected chi connectivity index (χ3v) is 0.962. The van der Waals surface area contributed by atoms with Crippen molar-refractivity contribution < 1.29 is 13.6 Å². The number of hydrogen-bond donors (Lipinski definition) is 0. The number of aldehydes is 1. The monoisotopic (exact) mass is 141 g/mol. The minimum atomic E-state index is -0.859. The van der Waals surface area contributed by atoms with E-state index in [0.29, 0.717) is 6.29 Å². The van der Waals surface area contributed by atoms with Crippen LogP contribution in [0.5, 0.6) is 0 Å². The molecule has 0 unspecified atom stereocenters. The van der Waals surface area contributed by atoms with Gasteiger partial charge in [-0.05, 0) is 12.1 Å². The largest absolute Gasteiger partial charge is 0.298 e. The summed E-state index contributed by atoms with van der Waals surface area (Å²) in [6.45, 7) is 0. The molecule has 0 saturated carbocycles. The fourth-order valence-corrected chi connectivity index (χ4v) is 0.589. The molecule has 0 spiro atoms. The lowest BCUT2D eigenvalue weighted by Crippen LogP contribution is -1.85. The van der Waals surface area contributed by atoms with Crippen LogP contribution in [-0.4, -0.2) is 6.29 Å². The van der Waals surface area contributed by atoms with Crippen molar-refractivity contribution in [1.29, 1.82) is 0 Å². The zero-order valence-corrected chi connectivity index (χ0v) is 4.90. The van der Waals surface area contributed by atoms with Crippen molar-refractivity contribution in [1.82, 2.24) is 0 Å². The van der Waals surface area contributed by atoms with Crippen LogP contribution < -0.4 is 0 Å². The van der Waals surface area contributed by atoms with Crippen LogP contribution in [-0.2, 0) is 0 Å². The van der Waals surface area contributed by atoms with E-state index in [9.17, 15) is 13.6 Å². The van der Waals surface area contributed by atoms with E-state index >= 15 is 0 Å². The first kappa shape index (κ1) is 6.86. The summed E-state index contributed by atoms with van der Waals surface area (Å²) in [5, 5.41) is 0. The van der Waals surface area contributed by atoms with Gasteiger partial charge < -0.3 is 0 Å². The van der Waals surface area contributed by atoms with E-state index in [4.69, 9.17) is 0 Å². The van der Waals surface area contributed by atoms with Gasteiger partial charge in [0.15, 0.2) is 0 Å². The van der Waals surface area contributed by atoms with Gasteiger partial charge in [0.25, 0.3) is 0 Å². The first-order chi connectivity index (χ1) is 4.72. The van der Waals surface area contributed by atoms with Gasteiger partial charge in [-0.2, -0.15) is 0 Å². The molecule has 0 atom stereocenters. The molecule has 3 heteroatoms. The predicted molar refractivity (Wildman–Crippen MR) is 30.6 cm³/mol. The zero-order valence-electron chi connectivity index (χ0n) is 4.90. The highest BCUT2D eigenvalue weighted by atomic mass is 19.1. The summed E-state index contributed by atoms with van der Waals surface area (Å²) in [6.07, 6.45) is 0.375. The van der Waals surface area contributed by atoms with E-state index in [1.165, 1.54) is 0 Å². The SMILES string of the molecule is O=Cc1cc(F)[c]c(F)c1. The molecule has 0 aliphatic rings. The fourth-order valence-electron chi connectivity index (χ4n) is 0.589. The van der Waals surface area contributed by atoms with Crippen LogP contribution in [0.4, 0.5) is 8.78 Å². The molecule has 1 aromatic rings. The summed E-state index contributed by atoms with van der Waals surface area (Å²) < 4.78 is 24.3. The highest BCUT2D eigenvalue weighted by Gasteiger charge is 1.98. The number of rotatable bonds is 1. The number of benzene rings is 1. The third-order valence-electron chi connectivity index (χ3n) is 0.962. The van der Waals surface area contributed by atoms with E-state index < -0.39 is 11.6 Å². The highest BCUT2D eigenvalue weighted by molar-refractivity contribution is 5.74. The van der Waals surface area contributed by atoms with E-state index in [1.807, 2.05) is 0 Å². The summed E-state index contributed by atoms with van der Waals surface area (Å²) in [7, 11) is 0. The van der Waals surface area contributed by atoms with E-state index in [-0.39, 0.29) is 5.56 Å². The molecular formula is C7H3F2O. The van der Waals surface area contributed by atoms with Gasteiger partial charge in [0.1, 0.15) is 17.9 Å². The summed E-state index contributed by atoms with van der Waals surface area (Å²) in [6, 6.07) is 3.58. The van der Waals surface area contributed by atoms with E-state index in [2.05, 4.69) is 0 Å². The molecule has 0 aliphatic carbocycles. The Bertz CT molecular complexity index is 238. The van der Waals surface area contributed by atoms with Crippen LogP contribution in [0.25, 0.3) is 0 Å². The maximum Gasteiger partial charge on any atom is 0.150 e. The molecule has 0 aliphatic heterocycles. The summed E-state index contributed by atoms with van der Waals surface area (Å²) in [4.78, 5) is 9.96. The maximum absolute atomic E-state index is 12.2. The first-order valence-corrected chi connectivity index (χ1v) is 2.56. The van der Waals surface area contributed by atoms with Gasteiger partial charge in [-0.3, -0.25) is 4.79 Å². The molecule has 0 saturated heterocycles. The number of carbonyl (C=O) groups is 1. The van der Waals surface area contributed by atoms with Gasteiger partial charge in [0.05, 0.1) is 6.07 Å². The molecule has 51 valence electrons. The lowest BCUT2D eigenvalue weighted by atomic mass is 10.2. The molecule has 0 fully saturated rings. The average molecular weight is 141 g/mol. The van der Waals surface area contributed by atoms with Gasteiger partial charge >= 0.3 is 0 Å². The quantitative estimate of drug-likeness (QED) is 0.542. The molecule has 0 bridgehead atoms. The topological polar surface area (TPSA) is 17.1 Å². The Morgan fingerprint density at radius 2 is 1.80 bits per heavy atom. The molecule has 0 aromatic heterocycles. The lowest BCUT2D eigenvalue weighted by Gasteiger charge is -1.89. The molecule has 1 aromatic carbocycles. The Morgan fingerprint density at radius 1 is 1.30 bits per heavy atom. The summed E-state index contributed by atoms with van der Waals surface area (Å²) >= 11 is 0. The number of carbonyl (C=O) groups excluding carboxylic acids is 1. The second-order valence-corrected chi connectivity index (χ2v) is 1.73. The van der Waals surface area contributed by atoms with E-state index in [0.717, 1.165) is 12.1 Å². The Morgan fingerprint density at radius 3 is 2.20 bits per heavy atom. The van der Waals surface area contributed by atoms with Crippen LogP contribution in [0.2, 0.25) is 0 Å². The van der Waals surface area contributed by atoms with Crippen molar-refractivity contribution in [3.63, 3.8) is 0 Å². The molecule has 1 radical (unpaired) electrons. The van der Waals surface area contributed by atoms with Crippen LogP contribution in [0, 0.1) is 17.7 Å². The first-order valence-electron chi connectivity index (χ1n) is 2.56. The normalized spacial score (nSPS) is 9.40. The zero-order chi connectivity index (χ0) is 7.56. The smallest absolute Gasteiger partial charge is 0.150 e.